The van der Waals surface area contributed by atoms with Crippen molar-refractivity contribution in [1.82, 2.24) is 0 Å². The number of carbonyl (C=O) groups is 1. The molecule has 0 radical (unpaired) electrons. The van der Waals surface area contributed by atoms with Gasteiger partial charge in [0.15, 0.2) is 11.5 Å². The average molecular weight is 497 g/mol. The highest BCUT2D eigenvalue weighted by Crippen LogP contribution is 2.40. The van der Waals surface area contributed by atoms with Gasteiger partial charge in [0.25, 0.3) is 10.0 Å². The molecule has 0 atom stereocenters. The van der Waals surface area contributed by atoms with Crippen LogP contribution in [0.3, 0.4) is 0 Å². The fraction of sp³-hybridized carbons (Fsp3) is 0.192. The number of carbonyl (C=O) groups excluding carboxylic acids is 1. The molecule has 35 heavy (non-hydrogen) atoms. The zero-order chi connectivity index (χ0) is 25.6. The molecule has 2 N–H and O–H groups in total. The number of methoxy groups -OCH3 is 3. The lowest BCUT2D eigenvalue weighted by molar-refractivity contribution is -0.111. The second-order valence-electron chi connectivity index (χ2n) is 7.69. The highest BCUT2D eigenvalue weighted by Gasteiger charge is 2.16. The first-order valence-electron chi connectivity index (χ1n) is 10.7. The largest absolute Gasteiger partial charge is 0.493 e. The quantitative estimate of drug-likeness (QED) is 0.413. The summed E-state index contributed by atoms with van der Waals surface area (Å²) in [5.41, 5.74) is 3.37. The lowest BCUT2D eigenvalue weighted by Crippen LogP contribution is -2.14. The van der Waals surface area contributed by atoms with Crippen molar-refractivity contribution >= 4 is 33.4 Å². The van der Waals surface area contributed by atoms with Crippen LogP contribution in [0.4, 0.5) is 11.4 Å². The Morgan fingerprint density at radius 3 is 2.17 bits per heavy atom. The van der Waals surface area contributed by atoms with Crippen molar-refractivity contribution in [3.05, 3.63) is 77.4 Å². The number of benzene rings is 3. The molecule has 0 unspecified atom stereocenters. The van der Waals surface area contributed by atoms with E-state index in [0.717, 1.165) is 11.1 Å². The van der Waals surface area contributed by atoms with E-state index in [4.69, 9.17) is 14.2 Å². The van der Waals surface area contributed by atoms with Crippen LogP contribution in [0.1, 0.15) is 16.7 Å². The number of ether oxygens (including phenoxy) is 3. The number of hydrogen-bond donors (Lipinski definition) is 2. The summed E-state index contributed by atoms with van der Waals surface area (Å²) in [6.07, 6.45) is 2.93. The zero-order valence-electron chi connectivity index (χ0n) is 20.2. The van der Waals surface area contributed by atoms with Crippen LogP contribution >= 0.6 is 0 Å². The van der Waals surface area contributed by atoms with Gasteiger partial charge in [-0.1, -0.05) is 12.1 Å². The van der Waals surface area contributed by atoms with Gasteiger partial charge >= 0.3 is 0 Å². The number of anilines is 2. The van der Waals surface area contributed by atoms with Crippen molar-refractivity contribution in [2.45, 2.75) is 18.7 Å². The second kappa shape index (κ2) is 11.0. The Balaban J connectivity index is 1.71. The number of rotatable bonds is 9. The first kappa shape index (κ1) is 25.6. The van der Waals surface area contributed by atoms with Gasteiger partial charge in [0.1, 0.15) is 0 Å². The smallest absolute Gasteiger partial charge is 0.261 e. The van der Waals surface area contributed by atoms with E-state index in [1.165, 1.54) is 51.7 Å². The summed E-state index contributed by atoms with van der Waals surface area (Å²) >= 11 is 0. The van der Waals surface area contributed by atoms with Gasteiger partial charge < -0.3 is 19.5 Å². The van der Waals surface area contributed by atoms with Gasteiger partial charge in [-0.3, -0.25) is 9.52 Å². The van der Waals surface area contributed by atoms with E-state index in [0.29, 0.717) is 34.2 Å². The maximum absolute atomic E-state index is 12.8. The van der Waals surface area contributed by atoms with Crippen LogP contribution < -0.4 is 24.2 Å². The van der Waals surface area contributed by atoms with Crippen LogP contribution in [0.2, 0.25) is 0 Å². The molecule has 3 aromatic carbocycles. The number of nitrogens with one attached hydrogen (secondary N) is 2. The Kier molecular flexibility index (Phi) is 8.03. The SMILES string of the molecule is COc1ccc(/C=C/C(=O)Nc2ccc(S(=O)(=O)Nc3cc(C)ccc3C)cc2)c(OC)c1OC. The fourth-order valence-corrected chi connectivity index (χ4v) is 4.49. The second-order valence-corrected chi connectivity index (χ2v) is 9.38. The van der Waals surface area contributed by atoms with Crippen molar-refractivity contribution in [3.8, 4) is 17.2 Å². The Morgan fingerprint density at radius 1 is 0.857 bits per heavy atom. The van der Waals surface area contributed by atoms with E-state index >= 15 is 0 Å². The third kappa shape index (κ3) is 6.13. The minimum absolute atomic E-state index is 0.0852. The van der Waals surface area contributed by atoms with E-state index in [2.05, 4.69) is 10.0 Å². The molecule has 0 aliphatic rings. The minimum atomic E-state index is -3.78. The Bertz CT molecular complexity index is 1350. The predicted octanol–water partition coefficient (Wildman–Crippen LogP) is 4.78. The summed E-state index contributed by atoms with van der Waals surface area (Å²) in [6.45, 7) is 3.73. The molecule has 9 heteroatoms. The Morgan fingerprint density at radius 2 is 1.54 bits per heavy atom. The molecule has 0 fully saturated rings. The molecule has 0 aliphatic carbocycles. The molecule has 3 aromatic rings. The molecule has 3 rings (SSSR count). The average Bonchev–Trinajstić information content (AvgIpc) is 2.84. The number of hydrogen-bond acceptors (Lipinski definition) is 6. The highest BCUT2D eigenvalue weighted by atomic mass is 32.2. The van der Waals surface area contributed by atoms with Gasteiger partial charge in [-0.05, 0) is 73.5 Å². The van der Waals surface area contributed by atoms with Crippen LogP contribution in [-0.2, 0) is 14.8 Å². The molecule has 0 heterocycles. The summed E-state index contributed by atoms with van der Waals surface area (Å²) < 4.78 is 44.2. The molecule has 184 valence electrons. The van der Waals surface area contributed by atoms with Crippen molar-refractivity contribution in [2.75, 3.05) is 31.4 Å². The maximum atomic E-state index is 12.8. The topological polar surface area (TPSA) is 103 Å². The molecule has 0 spiro atoms. The van der Waals surface area contributed by atoms with Gasteiger partial charge in [-0.15, -0.1) is 0 Å². The molecule has 1 amide bonds. The summed E-state index contributed by atoms with van der Waals surface area (Å²) in [4.78, 5) is 12.5. The summed E-state index contributed by atoms with van der Waals surface area (Å²) in [7, 11) is 0.749. The van der Waals surface area contributed by atoms with Gasteiger partial charge in [-0.25, -0.2) is 8.42 Å². The van der Waals surface area contributed by atoms with Gasteiger partial charge in [0.2, 0.25) is 11.7 Å². The zero-order valence-corrected chi connectivity index (χ0v) is 21.0. The van der Waals surface area contributed by atoms with Crippen molar-refractivity contribution in [2.24, 2.45) is 0 Å². The third-order valence-corrected chi connectivity index (χ3v) is 6.60. The standard InChI is InChI=1S/C26H28N2O6S/c1-17-6-7-18(2)22(16-17)28-35(30,31)21-12-10-20(11-13-21)27-24(29)15-9-19-8-14-23(32-3)26(34-5)25(19)33-4/h6-16,28H,1-5H3,(H,27,29)/b15-9+. The molecule has 0 saturated carbocycles. The molecule has 0 aromatic heterocycles. The van der Waals surface area contributed by atoms with Crippen LogP contribution in [0.25, 0.3) is 6.08 Å². The number of amides is 1. The van der Waals surface area contributed by atoms with Gasteiger partial charge in [-0.2, -0.15) is 0 Å². The molecule has 0 aliphatic heterocycles. The van der Waals surface area contributed by atoms with E-state index in [-0.39, 0.29) is 4.90 Å². The minimum Gasteiger partial charge on any atom is -0.493 e. The Hall–Kier alpha value is -3.98. The fourth-order valence-electron chi connectivity index (χ4n) is 3.37. The number of sulfonamides is 1. The predicted molar refractivity (Wildman–Crippen MR) is 137 cm³/mol. The molecular formula is C26H28N2O6S. The van der Waals surface area contributed by atoms with E-state index < -0.39 is 15.9 Å². The van der Waals surface area contributed by atoms with E-state index in [9.17, 15) is 13.2 Å². The van der Waals surface area contributed by atoms with Crippen LogP contribution in [0.5, 0.6) is 17.2 Å². The third-order valence-electron chi connectivity index (χ3n) is 5.22. The number of aryl methyl sites for hydroxylation is 2. The lowest BCUT2D eigenvalue weighted by Gasteiger charge is -2.14. The van der Waals surface area contributed by atoms with Crippen LogP contribution in [-0.4, -0.2) is 35.7 Å². The van der Waals surface area contributed by atoms with Crippen molar-refractivity contribution in [3.63, 3.8) is 0 Å². The van der Waals surface area contributed by atoms with Gasteiger partial charge in [0.05, 0.1) is 31.9 Å². The molecule has 8 nitrogen and oxygen atoms in total. The molecule has 0 bridgehead atoms. The highest BCUT2D eigenvalue weighted by molar-refractivity contribution is 7.92. The van der Waals surface area contributed by atoms with Gasteiger partial charge in [0, 0.05) is 17.3 Å². The molecular weight excluding hydrogens is 468 g/mol. The summed E-state index contributed by atoms with van der Waals surface area (Å²) in [5.74, 6) is 0.963. The normalized spacial score (nSPS) is 11.2. The van der Waals surface area contributed by atoms with Crippen molar-refractivity contribution < 1.29 is 27.4 Å². The summed E-state index contributed by atoms with van der Waals surface area (Å²) in [6, 6.07) is 14.9. The van der Waals surface area contributed by atoms with Crippen molar-refractivity contribution in [1.29, 1.82) is 0 Å². The Labute approximate surface area is 205 Å². The summed E-state index contributed by atoms with van der Waals surface area (Å²) in [5, 5.41) is 2.71. The molecule has 0 saturated heterocycles. The first-order chi connectivity index (χ1) is 16.7. The van der Waals surface area contributed by atoms with Crippen LogP contribution in [0, 0.1) is 13.8 Å². The van der Waals surface area contributed by atoms with E-state index in [1.54, 1.807) is 24.3 Å². The van der Waals surface area contributed by atoms with E-state index in [1.807, 2.05) is 26.0 Å². The monoisotopic (exact) mass is 496 g/mol. The lowest BCUT2D eigenvalue weighted by atomic mass is 10.1. The maximum Gasteiger partial charge on any atom is 0.261 e. The first-order valence-corrected chi connectivity index (χ1v) is 12.1. The van der Waals surface area contributed by atoms with Crippen LogP contribution in [0.15, 0.2) is 65.6 Å².